The van der Waals surface area contributed by atoms with Gasteiger partial charge in [0.05, 0.1) is 22.8 Å². The maximum atomic E-state index is 15.2. The summed E-state index contributed by atoms with van der Waals surface area (Å²) in [7, 11) is 0. The van der Waals surface area contributed by atoms with Crippen molar-refractivity contribution in [3.8, 4) is 17.2 Å². The first kappa shape index (κ1) is 28.1. The Balaban J connectivity index is 3.27. The molecule has 1 unspecified atom stereocenters. The second-order valence-electron chi connectivity index (χ2n) is 6.86. The van der Waals surface area contributed by atoms with Crippen LogP contribution in [0.3, 0.4) is 0 Å². The second-order valence-corrected chi connectivity index (χ2v) is 6.86. The molecule has 0 aromatic heterocycles. The average Bonchev–Trinajstić information content (AvgIpc) is 2.69. The van der Waals surface area contributed by atoms with Crippen LogP contribution in [-0.4, -0.2) is 18.3 Å². The van der Waals surface area contributed by atoms with Gasteiger partial charge in [-0.3, -0.25) is 0 Å². The van der Waals surface area contributed by atoms with E-state index in [0.717, 1.165) is 0 Å². The highest BCUT2D eigenvalue weighted by Gasteiger charge is 2.82. The zero-order valence-electron chi connectivity index (χ0n) is 16.1. The Kier molecular flexibility index (Phi) is 6.61. The van der Waals surface area contributed by atoms with Crippen molar-refractivity contribution in [2.45, 2.75) is 36.3 Å². The molecule has 1 nitrogen and oxygen atoms in total. The lowest BCUT2D eigenvalue weighted by molar-refractivity contribution is -0.389. The summed E-state index contributed by atoms with van der Waals surface area (Å²) >= 11 is 0. The molecule has 2 aromatic rings. The molecule has 0 fully saturated rings. The summed E-state index contributed by atoms with van der Waals surface area (Å²) in [6.45, 7) is 0. The quantitative estimate of drug-likeness (QED) is 0.365. The summed E-state index contributed by atoms with van der Waals surface area (Å²) in [5.41, 5.74) is -20.0. The Morgan fingerprint density at radius 2 is 1.03 bits per heavy atom. The van der Waals surface area contributed by atoms with Crippen LogP contribution in [0.5, 0.6) is 0 Å². The minimum absolute atomic E-state index is 0.308. The number of alkyl halides is 15. The van der Waals surface area contributed by atoms with Gasteiger partial charge in [-0.2, -0.15) is 66.7 Å². The van der Waals surface area contributed by atoms with Crippen LogP contribution >= 0.6 is 0 Å². The first-order chi connectivity index (χ1) is 15.5. The predicted molar refractivity (Wildman–Crippen MR) is 86.4 cm³/mol. The molecule has 0 saturated heterocycles. The molecule has 2 aromatic carbocycles. The lowest BCUT2D eigenvalue weighted by Gasteiger charge is -2.38. The molecule has 0 radical (unpaired) electrons. The normalized spacial score (nSPS) is 15.5. The summed E-state index contributed by atoms with van der Waals surface area (Å²) in [5, 5.41) is 8.71. The fourth-order valence-corrected chi connectivity index (χ4v) is 3.02. The van der Waals surface area contributed by atoms with Crippen LogP contribution in [0.25, 0.3) is 11.1 Å². The molecule has 192 valence electrons. The smallest absolute Gasteiger partial charge is 0.221 e. The van der Waals surface area contributed by atoms with Crippen LogP contribution < -0.4 is 0 Å². The average molecular weight is 533 g/mol. The van der Waals surface area contributed by atoms with Crippen LogP contribution in [0.1, 0.15) is 22.3 Å². The van der Waals surface area contributed by atoms with Gasteiger partial charge in [-0.25, -0.2) is 4.39 Å². The Morgan fingerprint density at radius 3 is 1.37 bits per heavy atom. The van der Waals surface area contributed by atoms with Crippen molar-refractivity contribution in [1.82, 2.24) is 0 Å². The highest BCUT2D eigenvalue weighted by atomic mass is 19.4. The molecule has 2 rings (SSSR count). The second kappa shape index (κ2) is 8.23. The van der Waals surface area contributed by atoms with Gasteiger partial charge in [0, 0.05) is 11.1 Å². The molecule has 16 heteroatoms. The molecule has 0 aliphatic carbocycles. The molecule has 0 aliphatic heterocycles. The van der Waals surface area contributed by atoms with Gasteiger partial charge in [0.2, 0.25) is 0 Å². The predicted octanol–water partition coefficient (Wildman–Crippen LogP) is 8.19. The van der Waals surface area contributed by atoms with Gasteiger partial charge < -0.3 is 0 Å². The summed E-state index contributed by atoms with van der Waals surface area (Å²) in [6.07, 6.45) is -26.9. The molecule has 35 heavy (non-hydrogen) atoms. The number of nitriles is 1. The molecule has 0 bridgehead atoms. The summed E-state index contributed by atoms with van der Waals surface area (Å²) in [4.78, 5) is 0. The molecule has 0 saturated carbocycles. The van der Waals surface area contributed by atoms with Crippen molar-refractivity contribution in [3.05, 3.63) is 58.7 Å². The van der Waals surface area contributed by atoms with E-state index in [2.05, 4.69) is 0 Å². The van der Waals surface area contributed by atoms with Gasteiger partial charge in [-0.05, 0) is 29.8 Å². The fraction of sp³-hybridized carbons (Fsp3) is 0.316. The van der Waals surface area contributed by atoms with Crippen molar-refractivity contribution in [1.29, 1.82) is 5.26 Å². The Bertz CT molecular complexity index is 1130. The van der Waals surface area contributed by atoms with Crippen molar-refractivity contribution < 1.29 is 65.9 Å². The van der Waals surface area contributed by atoms with E-state index in [9.17, 15) is 61.5 Å². The van der Waals surface area contributed by atoms with Gasteiger partial charge in [-0.1, -0.05) is 12.1 Å². The summed E-state index contributed by atoms with van der Waals surface area (Å²) in [5.74, 6) is -7.55. The van der Waals surface area contributed by atoms with E-state index in [-0.39, 0.29) is 0 Å². The lowest BCUT2D eigenvalue weighted by atomic mass is 9.79. The molecule has 0 heterocycles. The lowest BCUT2D eigenvalue weighted by Crippen LogP contribution is -2.60. The van der Waals surface area contributed by atoms with Gasteiger partial charge in [0.1, 0.15) is 0 Å². The van der Waals surface area contributed by atoms with E-state index in [1.54, 1.807) is 0 Å². The SMILES string of the molecule is N#Cc1ccc(-c2c(C(F)(F)F)cc(C(F)(F)F)cc2C(F)(C(F)(F)F)C(F)(F)C(F)(F)F)cc1. The van der Waals surface area contributed by atoms with Gasteiger partial charge in [0.25, 0.3) is 0 Å². The number of hydrogen-bond donors (Lipinski definition) is 0. The van der Waals surface area contributed by atoms with Gasteiger partial charge in [-0.15, -0.1) is 0 Å². The minimum Gasteiger partial charge on any atom is -0.221 e. The van der Waals surface area contributed by atoms with Gasteiger partial charge >= 0.3 is 36.3 Å². The molecule has 0 spiro atoms. The zero-order chi connectivity index (χ0) is 27.4. The van der Waals surface area contributed by atoms with E-state index in [1.807, 2.05) is 0 Å². The molecule has 0 amide bonds. The third-order valence-electron chi connectivity index (χ3n) is 4.62. The maximum Gasteiger partial charge on any atom is 0.457 e. The number of halogens is 15. The monoisotopic (exact) mass is 533 g/mol. The molecule has 0 aliphatic rings. The number of hydrogen-bond acceptors (Lipinski definition) is 1. The Labute approximate surface area is 184 Å². The highest BCUT2D eigenvalue weighted by Crippen LogP contribution is 2.61. The standard InChI is InChI=1S/C19H6F15N/c20-14(18(29,30)31,17(27,28)19(32,33)34)11-5-10(15(21,22)23)6-12(16(24,25)26)13(11)9-3-1-8(7-35)2-4-9/h1-6H. The van der Waals surface area contributed by atoms with E-state index >= 15 is 4.39 Å². The van der Waals surface area contributed by atoms with E-state index in [4.69, 9.17) is 5.26 Å². The van der Waals surface area contributed by atoms with E-state index in [1.165, 1.54) is 6.07 Å². The third kappa shape index (κ3) is 4.72. The number of benzene rings is 2. The minimum atomic E-state index is -7.55. The first-order valence-electron chi connectivity index (χ1n) is 8.53. The molecular weight excluding hydrogens is 527 g/mol. The van der Waals surface area contributed by atoms with Crippen molar-refractivity contribution in [3.63, 3.8) is 0 Å². The summed E-state index contributed by atoms with van der Waals surface area (Å²) in [6, 6.07) is 1.09. The van der Waals surface area contributed by atoms with Crippen LogP contribution in [0.2, 0.25) is 0 Å². The van der Waals surface area contributed by atoms with Crippen molar-refractivity contribution in [2.24, 2.45) is 0 Å². The van der Waals surface area contributed by atoms with E-state index in [0.29, 0.717) is 24.3 Å². The molecular formula is C19H6F15N. The third-order valence-corrected chi connectivity index (χ3v) is 4.62. The van der Waals surface area contributed by atoms with Crippen molar-refractivity contribution >= 4 is 0 Å². The topological polar surface area (TPSA) is 23.8 Å². The van der Waals surface area contributed by atoms with Crippen LogP contribution in [0, 0.1) is 11.3 Å². The molecule has 0 N–H and O–H groups in total. The van der Waals surface area contributed by atoms with Crippen LogP contribution in [0.15, 0.2) is 36.4 Å². The van der Waals surface area contributed by atoms with E-state index < -0.39 is 81.8 Å². The zero-order valence-corrected chi connectivity index (χ0v) is 16.1. The van der Waals surface area contributed by atoms with Crippen LogP contribution in [0.4, 0.5) is 65.9 Å². The maximum absolute atomic E-state index is 15.2. The first-order valence-corrected chi connectivity index (χ1v) is 8.53. The Hall–Kier alpha value is -3.12. The van der Waals surface area contributed by atoms with Gasteiger partial charge in [0.15, 0.2) is 0 Å². The number of nitrogens with zero attached hydrogens (tertiary/aromatic N) is 1. The number of rotatable bonds is 3. The fourth-order valence-electron chi connectivity index (χ4n) is 3.02. The highest BCUT2D eigenvalue weighted by molar-refractivity contribution is 5.75. The Morgan fingerprint density at radius 1 is 0.571 bits per heavy atom. The summed E-state index contributed by atoms with van der Waals surface area (Å²) < 4.78 is 203. The van der Waals surface area contributed by atoms with Crippen LogP contribution in [-0.2, 0) is 18.0 Å². The van der Waals surface area contributed by atoms with Crippen molar-refractivity contribution in [2.75, 3.05) is 0 Å². The molecule has 1 atom stereocenters. The largest absolute Gasteiger partial charge is 0.457 e.